The molecule has 0 aliphatic carbocycles. The first-order valence-corrected chi connectivity index (χ1v) is 5.67. The highest BCUT2D eigenvalue weighted by Gasteiger charge is 2.14. The van der Waals surface area contributed by atoms with Crippen molar-refractivity contribution in [2.45, 2.75) is 13.0 Å². The van der Waals surface area contributed by atoms with Gasteiger partial charge in [-0.15, -0.1) is 11.6 Å². The van der Waals surface area contributed by atoms with Gasteiger partial charge in [-0.3, -0.25) is 4.79 Å². The first kappa shape index (κ1) is 13.4. The van der Waals surface area contributed by atoms with E-state index >= 15 is 0 Å². The van der Waals surface area contributed by atoms with E-state index in [1.165, 1.54) is 6.07 Å². The van der Waals surface area contributed by atoms with Gasteiger partial charge in [0.05, 0.1) is 5.88 Å². The Hall–Kier alpha value is -0.680. The summed E-state index contributed by atoms with van der Waals surface area (Å²) in [6.07, 6.45) is -0.0347. The zero-order valence-corrected chi connectivity index (χ0v) is 10.4. The van der Waals surface area contributed by atoms with Crippen molar-refractivity contribution in [1.82, 2.24) is 0 Å². The Bertz CT molecular complexity index is 385. The lowest BCUT2D eigenvalue weighted by Crippen LogP contribution is -2.09. The summed E-state index contributed by atoms with van der Waals surface area (Å²) in [6.45, 7) is -2.92. The maximum atomic E-state index is 12.1. The molecule has 0 aliphatic rings. The fourth-order valence-corrected chi connectivity index (χ4v) is 1.74. The van der Waals surface area contributed by atoms with E-state index in [2.05, 4.69) is 20.7 Å². The van der Waals surface area contributed by atoms with Crippen LogP contribution >= 0.6 is 27.5 Å². The van der Waals surface area contributed by atoms with Crippen molar-refractivity contribution in [1.29, 1.82) is 0 Å². The van der Waals surface area contributed by atoms with Gasteiger partial charge < -0.3 is 4.74 Å². The van der Waals surface area contributed by atoms with Crippen LogP contribution in [0.4, 0.5) is 8.78 Å². The molecule has 0 heterocycles. The van der Waals surface area contributed by atoms with Crippen LogP contribution in [0.15, 0.2) is 22.7 Å². The lowest BCUT2D eigenvalue weighted by Gasteiger charge is -2.11. The Kier molecular flexibility index (Phi) is 5.15. The summed E-state index contributed by atoms with van der Waals surface area (Å²) >= 11 is 8.53. The van der Waals surface area contributed by atoms with Gasteiger partial charge in [-0.25, -0.2) is 0 Å². The number of halogens is 4. The predicted molar refractivity (Wildman–Crippen MR) is 60.2 cm³/mol. The third-order valence-corrected chi connectivity index (χ3v) is 2.86. The summed E-state index contributed by atoms with van der Waals surface area (Å²) in [6, 6.07) is 4.58. The van der Waals surface area contributed by atoms with E-state index in [1.54, 1.807) is 12.1 Å². The van der Waals surface area contributed by atoms with E-state index in [1.807, 2.05) is 0 Å². The van der Waals surface area contributed by atoms with Gasteiger partial charge in [0, 0.05) is 16.5 Å². The van der Waals surface area contributed by atoms with Crippen molar-refractivity contribution in [2.75, 3.05) is 5.88 Å². The highest BCUT2D eigenvalue weighted by molar-refractivity contribution is 9.10. The Balaban J connectivity index is 2.98. The van der Waals surface area contributed by atoms with E-state index in [0.717, 1.165) is 0 Å². The van der Waals surface area contributed by atoms with Crippen LogP contribution in [-0.4, -0.2) is 18.3 Å². The highest BCUT2D eigenvalue weighted by atomic mass is 79.9. The van der Waals surface area contributed by atoms with Crippen LogP contribution in [0.25, 0.3) is 0 Å². The molecule has 1 aromatic rings. The van der Waals surface area contributed by atoms with Crippen molar-refractivity contribution < 1.29 is 18.3 Å². The molecule has 0 bridgehead atoms. The van der Waals surface area contributed by atoms with Crippen molar-refractivity contribution in [3.8, 4) is 5.75 Å². The molecule has 0 fully saturated rings. The lowest BCUT2D eigenvalue weighted by molar-refractivity contribution is -0.116. The van der Waals surface area contributed by atoms with Gasteiger partial charge in [0.25, 0.3) is 0 Å². The van der Waals surface area contributed by atoms with E-state index in [-0.39, 0.29) is 23.8 Å². The van der Waals surface area contributed by atoms with E-state index in [9.17, 15) is 13.6 Å². The Morgan fingerprint density at radius 1 is 1.50 bits per heavy atom. The molecule has 0 atom stereocenters. The van der Waals surface area contributed by atoms with Crippen LogP contribution in [-0.2, 0) is 11.2 Å². The van der Waals surface area contributed by atoms with Gasteiger partial charge in [-0.2, -0.15) is 8.78 Å². The molecule has 0 spiro atoms. The molecule has 0 N–H and O–H groups in total. The fourth-order valence-electron chi connectivity index (χ4n) is 1.16. The summed E-state index contributed by atoms with van der Waals surface area (Å²) in [5.74, 6) is -0.425. The number of rotatable bonds is 5. The maximum Gasteiger partial charge on any atom is 0.387 e. The van der Waals surface area contributed by atoms with Gasteiger partial charge in [0.1, 0.15) is 5.75 Å². The predicted octanol–water partition coefficient (Wildman–Crippen LogP) is 3.40. The van der Waals surface area contributed by atoms with Gasteiger partial charge in [-0.05, 0) is 12.1 Å². The van der Waals surface area contributed by atoms with Crippen LogP contribution < -0.4 is 4.74 Å². The molecule has 0 aromatic heterocycles. The molecule has 0 saturated carbocycles. The summed E-state index contributed by atoms with van der Waals surface area (Å²) in [5.41, 5.74) is 0.383. The quantitative estimate of drug-likeness (QED) is 0.779. The average Bonchev–Trinajstić information content (AvgIpc) is 2.22. The van der Waals surface area contributed by atoms with Crippen LogP contribution in [0.1, 0.15) is 5.56 Å². The zero-order chi connectivity index (χ0) is 12.1. The topological polar surface area (TPSA) is 26.3 Å². The second kappa shape index (κ2) is 6.15. The number of carbonyl (C=O) groups is 1. The Morgan fingerprint density at radius 3 is 2.75 bits per heavy atom. The maximum absolute atomic E-state index is 12.1. The molecule has 2 nitrogen and oxygen atoms in total. The van der Waals surface area contributed by atoms with E-state index < -0.39 is 6.61 Å². The normalized spacial score (nSPS) is 10.6. The van der Waals surface area contributed by atoms with Crippen LogP contribution in [0.5, 0.6) is 5.75 Å². The number of benzene rings is 1. The largest absolute Gasteiger partial charge is 0.434 e. The number of ketones is 1. The minimum Gasteiger partial charge on any atom is -0.434 e. The molecule has 1 rings (SSSR count). The Morgan fingerprint density at radius 2 is 2.19 bits per heavy atom. The molecule has 0 radical (unpaired) electrons. The van der Waals surface area contributed by atoms with Crippen molar-refractivity contribution in [3.05, 3.63) is 28.2 Å². The molecule has 1 aromatic carbocycles. The van der Waals surface area contributed by atoms with Crippen molar-refractivity contribution >= 4 is 33.3 Å². The third kappa shape index (κ3) is 3.72. The molecular formula is C10H8BrClF2O2. The number of Topliss-reactive ketones (excluding diaryl/α,β-unsaturated/α-hetero) is 1. The molecular weight excluding hydrogens is 305 g/mol. The van der Waals surface area contributed by atoms with Gasteiger partial charge in [0.2, 0.25) is 0 Å². The number of alkyl halides is 3. The van der Waals surface area contributed by atoms with Crippen LogP contribution in [0.3, 0.4) is 0 Å². The SMILES string of the molecule is O=C(CCl)Cc1c(Br)cccc1OC(F)F. The summed E-state index contributed by atoms with van der Waals surface area (Å²) < 4.78 is 29.1. The van der Waals surface area contributed by atoms with Crippen molar-refractivity contribution in [2.24, 2.45) is 0 Å². The second-order valence-corrected chi connectivity index (χ2v) is 4.07. The monoisotopic (exact) mass is 312 g/mol. The van der Waals surface area contributed by atoms with Crippen LogP contribution in [0, 0.1) is 0 Å². The molecule has 16 heavy (non-hydrogen) atoms. The highest BCUT2D eigenvalue weighted by Crippen LogP contribution is 2.28. The number of carbonyl (C=O) groups excluding carboxylic acids is 1. The van der Waals surface area contributed by atoms with E-state index in [4.69, 9.17) is 11.6 Å². The lowest BCUT2D eigenvalue weighted by atomic mass is 10.1. The van der Waals surface area contributed by atoms with E-state index in [0.29, 0.717) is 10.0 Å². The van der Waals surface area contributed by atoms with Gasteiger partial charge >= 0.3 is 6.61 Å². The summed E-state index contributed by atoms with van der Waals surface area (Å²) in [4.78, 5) is 11.2. The zero-order valence-electron chi connectivity index (χ0n) is 8.05. The molecule has 0 aliphatic heterocycles. The molecule has 88 valence electrons. The molecule has 6 heteroatoms. The summed E-state index contributed by atoms with van der Waals surface area (Å²) in [5, 5.41) is 0. The van der Waals surface area contributed by atoms with Gasteiger partial charge in [0.15, 0.2) is 5.78 Å². The van der Waals surface area contributed by atoms with Crippen LogP contribution in [0.2, 0.25) is 0 Å². The molecule has 0 amide bonds. The van der Waals surface area contributed by atoms with Crippen molar-refractivity contribution in [3.63, 3.8) is 0 Å². The minimum absolute atomic E-state index is 0.0113. The first-order valence-electron chi connectivity index (χ1n) is 4.34. The molecule has 0 saturated heterocycles. The second-order valence-electron chi connectivity index (χ2n) is 2.94. The minimum atomic E-state index is -2.92. The van der Waals surface area contributed by atoms with Gasteiger partial charge in [-0.1, -0.05) is 22.0 Å². The number of hydrogen-bond donors (Lipinski definition) is 0. The third-order valence-electron chi connectivity index (χ3n) is 1.81. The molecule has 0 unspecified atom stereocenters. The summed E-state index contributed by atoms with van der Waals surface area (Å²) in [7, 11) is 0. The average molecular weight is 314 g/mol. The number of hydrogen-bond acceptors (Lipinski definition) is 2. The Labute approximate surface area is 105 Å². The standard InChI is InChI=1S/C10H8BrClF2O2/c11-8-2-1-3-9(16-10(13)14)7(8)4-6(15)5-12/h1-3,10H,4-5H2. The first-order chi connectivity index (χ1) is 7.54. The smallest absolute Gasteiger partial charge is 0.387 e. The number of ether oxygens (including phenoxy) is 1. The fraction of sp³-hybridized carbons (Fsp3) is 0.300.